The summed E-state index contributed by atoms with van der Waals surface area (Å²) in [6, 6.07) is 4.94. The minimum atomic E-state index is -0.400. The molecule has 0 spiro atoms. The van der Waals surface area contributed by atoms with E-state index in [0.29, 0.717) is 18.2 Å². The summed E-state index contributed by atoms with van der Waals surface area (Å²) in [7, 11) is 0. The highest BCUT2D eigenvalue weighted by atomic mass is 35.5. The van der Waals surface area contributed by atoms with E-state index in [0.717, 1.165) is 26.1 Å². The summed E-state index contributed by atoms with van der Waals surface area (Å²) in [6.45, 7) is 2.01. The van der Waals surface area contributed by atoms with Gasteiger partial charge >= 0.3 is 0 Å². The lowest BCUT2D eigenvalue weighted by Crippen LogP contribution is -2.22. The molecule has 3 rings (SSSR count). The second-order valence-corrected chi connectivity index (χ2v) is 5.76. The highest BCUT2D eigenvalue weighted by Gasteiger charge is 2.16. The number of hydrogen-bond donors (Lipinski definition) is 1. The van der Waals surface area contributed by atoms with Crippen LogP contribution >= 0.6 is 11.6 Å². The van der Waals surface area contributed by atoms with Gasteiger partial charge in [-0.1, -0.05) is 0 Å². The third-order valence-electron chi connectivity index (χ3n) is 3.64. The van der Waals surface area contributed by atoms with Crippen molar-refractivity contribution in [3.8, 4) is 5.88 Å². The van der Waals surface area contributed by atoms with E-state index in [1.54, 1.807) is 24.5 Å². The normalized spacial score (nSPS) is 15.0. The standard InChI is InChI=1S/C16H17ClN4O3/c17-16-20-13(15(22)19-12-2-1-5-18-9-12)8-14(21-16)24-10-11-3-6-23-7-4-11/h1-2,5,8-9,11H,3-4,6-7,10H2,(H,19,22). The number of pyridine rings is 1. The predicted molar refractivity (Wildman–Crippen MR) is 88.3 cm³/mol. The summed E-state index contributed by atoms with van der Waals surface area (Å²) >= 11 is 5.90. The van der Waals surface area contributed by atoms with Crippen molar-refractivity contribution in [2.75, 3.05) is 25.1 Å². The van der Waals surface area contributed by atoms with Crippen molar-refractivity contribution in [2.24, 2.45) is 5.92 Å². The molecule has 1 aliphatic rings. The molecule has 7 nitrogen and oxygen atoms in total. The largest absolute Gasteiger partial charge is 0.477 e. The molecule has 0 aliphatic carbocycles. The Morgan fingerprint density at radius 1 is 1.38 bits per heavy atom. The Kier molecular flexibility index (Phi) is 5.55. The van der Waals surface area contributed by atoms with Crippen LogP contribution in [-0.2, 0) is 4.74 Å². The van der Waals surface area contributed by atoms with Gasteiger partial charge in [0.15, 0.2) is 0 Å². The van der Waals surface area contributed by atoms with Gasteiger partial charge in [0.05, 0.1) is 18.5 Å². The number of ether oxygens (including phenoxy) is 2. The van der Waals surface area contributed by atoms with Gasteiger partial charge < -0.3 is 14.8 Å². The maximum atomic E-state index is 12.3. The van der Waals surface area contributed by atoms with Crippen LogP contribution in [0.1, 0.15) is 23.3 Å². The fourth-order valence-corrected chi connectivity index (χ4v) is 2.51. The summed E-state index contributed by atoms with van der Waals surface area (Å²) in [5.74, 6) is 0.307. The van der Waals surface area contributed by atoms with Gasteiger partial charge in [0.1, 0.15) is 5.69 Å². The van der Waals surface area contributed by atoms with E-state index in [1.807, 2.05) is 0 Å². The number of carbonyl (C=O) groups is 1. The molecular formula is C16H17ClN4O3. The van der Waals surface area contributed by atoms with Crippen molar-refractivity contribution < 1.29 is 14.3 Å². The Bertz CT molecular complexity index is 693. The van der Waals surface area contributed by atoms with Crippen LogP contribution in [0.2, 0.25) is 5.28 Å². The van der Waals surface area contributed by atoms with E-state index >= 15 is 0 Å². The Labute approximate surface area is 144 Å². The van der Waals surface area contributed by atoms with Gasteiger partial charge in [0.25, 0.3) is 5.91 Å². The van der Waals surface area contributed by atoms with Crippen molar-refractivity contribution in [2.45, 2.75) is 12.8 Å². The SMILES string of the molecule is O=C(Nc1cccnc1)c1cc(OCC2CCOCC2)nc(Cl)n1. The predicted octanol–water partition coefficient (Wildman–Crippen LogP) is 2.58. The molecule has 1 saturated heterocycles. The molecule has 0 unspecified atom stereocenters. The second-order valence-electron chi connectivity index (χ2n) is 5.42. The Balaban J connectivity index is 1.65. The third kappa shape index (κ3) is 4.62. The minimum absolute atomic E-state index is 0.0317. The molecule has 2 aromatic rings. The zero-order valence-electron chi connectivity index (χ0n) is 12.9. The number of amides is 1. The summed E-state index contributed by atoms with van der Waals surface area (Å²) in [5, 5.41) is 2.66. The van der Waals surface area contributed by atoms with E-state index < -0.39 is 5.91 Å². The highest BCUT2D eigenvalue weighted by Crippen LogP contribution is 2.19. The number of nitrogens with one attached hydrogen (secondary N) is 1. The Hall–Kier alpha value is -2.25. The quantitative estimate of drug-likeness (QED) is 0.836. The van der Waals surface area contributed by atoms with Crippen LogP contribution in [0.5, 0.6) is 5.88 Å². The van der Waals surface area contributed by atoms with E-state index in [1.165, 1.54) is 6.07 Å². The van der Waals surface area contributed by atoms with Crippen molar-refractivity contribution in [3.63, 3.8) is 0 Å². The van der Waals surface area contributed by atoms with Crippen LogP contribution in [-0.4, -0.2) is 40.7 Å². The van der Waals surface area contributed by atoms with Gasteiger partial charge in [-0.15, -0.1) is 0 Å². The van der Waals surface area contributed by atoms with Gasteiger partial charge in [-0.3, -0.25) is 9.78 Å². The first-order chi connectivity index (χ1) is 11.7. The van der Waals surface area contributed by atoms with E-state index in [2.05, 4.69) is 20.3 Å². The summed E-state index contributed by atoms with van der Waals surface area (Å²) < 4.78 is 11.0. The van der Waals surface area contributed by atoms with Gasteiger partial charge in [-0.05, 0) is 42.5 Å². The van der Waals surface area contributed by atoms with Crippen LogP contribution in [0, 0.1) is 5.92 Å². The lowest BCUT2D eigenvalue weighted by Gasteiger charge is -2.21. The number of nitrogens with zero attached hydrogens (tertiary/aromatic N) is 3. The number of rotatable bonds is 5. The van der Waals surface area contributed by atoms with Crippen LogP contribution < -0.4 is 10.1 Å². The van der Waals surface area contributed by atoms with Crippen molar-refractivity contribution in [3.05, 3.63) is 41.6 Å². The summed E-state index contributed by atoms with van der Waals surface area (Å²) in [6.07, 6.45) is 5.07. The zero-order valence-corrected chi connectivity index (χ0v) is 13.7. The minimum Gasteiger partial charge on any atom is -0.477 e. The van der Waals surface area contributed by atoms with Crippen molar-refractivity contribution in [1.29, 1.82) is 0 Å². The molecule has 0 radical (unpaired) electrons. The van der Waals surface area contributed by atoms with Crippen molar-refractivity contribution in [1.82, 2.24) is 15.0 Å². The first-order valence-corrected chi connectivity index (χ1v) is 8.05. The van der Waals surface area contributed by atoms with Gasteiger partial charge in [-0.2, -0.15) is 4.98 Å². The summed E-state index contributed by atoms with van der Waals surface area (Å²) in [5.41, 5.74) is 0.711. The maximum Gasteiger partial charge on any atom is 0.274 e. The average molecular weight is 349 g/mol. The van der Waals surface area contributed by atoms with E-state index in [4.69, 9.17) is 21.1 Å². The highest BCUT2D eigenvalue weighted by molar-refractivity contribution is 6.28. The van der Waals surface area contributed by atoms with Crippen LogP contribution in [0.25, 0.3) is 0 Å². The molecule has 0 bridgehead atoms. The molecule has 3 heterocycles. The Morgan fingerprint density at radius 2 is 2.21 bits per heavy atom. The molecule has 126 valence electrons. The topological polar surface area (TPSA) is 86.2 Å². The number of anilines is 1. The smallest absolute Gasteiger partial charge is 0.274 e. The van der Waals surface area contributed by atoms with Crippen LogP contribution in [0.3, 0.4) is 0 Å². The number of hydrogen-bond acceptors (Lipinski definition) is 6. The van der Waals surface area contributed by atoms with E-state index in [9.17, 15) is 4.79 Å². The molecule has 1 fully saturated rings. The zero-order chi connectivity index (χ0) is 16.8. The summed E-state index contributed by atoms with van der Waals surface area (Å²) in [4.78, 5) is 24.2. The molecule has 1 N–H and O–H groups in total. The van der Waals surface area contributed by atoms with Crippen LogP contribution in [0.4, 0.5) is 5.69 Å². The molecule has 2 aromatic heterocycles. The lowest BCUT2D eigenvalue weighted by atomic mass is 10.0. The average Bonchev–Trinajstić information content (AvgIpc) is 2.61. The van der Waals surface area contributed by atoms with Crippen molar-refractivity contribution >= 4 is 23.2 Å². The molecule has 1 aliphatic heterocycles. The third-order valence-corrected chi connectivity index (χ3v) is 3.80. The number of halogens is 1. The molecular weight excluding hydrogens is 332 g/mol. The van der Waals surface area contributed by atoms with Crippen LogP contribution in [0.15, 0.2) is 30.6 Å². The maximum absolute atomic E-state index is 12.3. The monoisotopic (exact) mass is 348 g/mol. The van der Waals surface area contributed by atoms with Gasteiger partial charge in [0, 0.05) is 25.5 Å². The molecule has 0 aromatic carbocycles. The molecule has 0 atom stereocenters. The van der Waals surface area contributed by atoms with Gasteiger partial charge in [0.2, 0.25) is 11.2 Å². The fourth-order valence-electron chi connectivity index (χ4n) is 2.34. The molecule has 0 saturated carbocycles. The molecule has 24 heavy (non-hydrogen) atoms. The number of carbonyl (C=O) groups excluding carboxylic acids is 1. The Morgan fingerprint density at radius 3 is 2.96 bits per heavy atom. The fraction of sp³-hybridized carbons (Fsp3) is 0.375. The second kappa shape index (κ2) is 8.03. The van der Waals surface area contributed by atoms with E-state index in [-0.39, 0.29) is 16.9 Å². The molecule has 1 amide bonds. The number of aromatic nitrogens is 3. The first-order valence-electron chi connectivity index (χ1n) is 7.67. The first kappa shape index (κ1) is 16.6. The van der Waals surface area contributed by atoms with Gasteiger partial charge in [-0.25, -0.2) is 4.98 Å². The lowest BCUT2D eigenvalue weighted by molar-refractivity contribution is 0.0490. The molecule has 8 heteroatoms.